The number of fused-ring (bicyclic) bond motifs is 1. The fourth-order valence-electron chi connectivity index (χ4n) is 1.16. The predicted octanol–water partition coefficient (Wildman–Crippen LogP) is 2.55. The monoisotopic (exact) mass is 164 g/mol. The lowest BCUT2D eigenvalue weighted by Gasteiger charge is -2.10. The minimum absolute atomic E-state index is 0.416. The van der Waals surface area contributed by atoms with Crippen LogP contribution in [0.2, 0.25) is 0 Å². The molecule has 1 aliphatic heterocycles. The third-order valence-corrected chi connectivity index (χ3v) is 2.69. The van der Waals surface area contributed by atoms with Gasteiger partial charge in [0.15, 0.2) is 0 Å². The van der Waals surface area contributed by atoms with Gasteiger partial charge >= 0.3 is 0 Å². The zero-order chi connectivity index (χ0) is 7.68. The maximum Gasteiger partial charge on any atom is 0.120 e. The Morgan fingerprint density at radius 2 is 2.27 bits per heavy atom. The van der Waals surface area contributed by atoms with E-state index in [4.69, 9.17) is 0 Å². The van der Waals surface area contributed by atoms with E-state index in [0.717, 1.165) is 12.0 Å². The summed E-state index contributed by atoms with van der Waals surface area (Å²) >= 11 is 1.66. The molecular formula is C9H8OS. The van der Waals surface area contributed by atoms with Gasteiger partial charge in [0.1, 0.15) is 5.75 Å². The summed E-state index contributed by atoms with van der Waals surface area (Å²) in [5.41, 5.74) is 1.06. The SMILES string of the molecule is Oc1cccc2c1CC=CS2. The Morgan fingerprint density at radius 3 is 3.09 bits per heavy atom. The quantitative estimate of drug-likeness (QED) is 0.636. The minimum Gasteiger partial charge on any atom is -0.508 e. The normalized spacial score (nSPS) is 14.5. The molecule has 0 unspecified atom stereocenters. The zero-order valence-corrected chi connectivity index (χ0v) is 6.77. The first-order chi connectivity index (χ1) is 5.38. The van der Waals surface area contributed by atoms with Crippen LogP contribution in [0, 0.1) is 0 Å². The van der Waals surface area contributed by atoms with Crippen LogP contribution in [0.1, 0.15) is 5.56 Å². The van der Waals surface area contributed by atoms with E-state index in [0.29, 0.717) is 5.75 Å². The van der Waals surface area contributed by atoms with Crippen LogP contribution in [-0.4, -0.2) is 5.11 Å². The molecule has 0 fully saturated rings. The molecule has 0 amide bonds. The topological polar surface area (TPSA) is 20.2 Å². The van der Waals surface area contributed by atoms with Gasteiger partial charge in [0, 0.05) is 10.5 Å². The number of thioether (sulfide) groups is 1. The standard InChI is InChI=1S/C9H8OS/c10-8-4-1-5-9-7(8)3-2-6-11-9/h1-2,4-6,10H,3H2. The Bertz CT molecular complexity index is 304. The molecule has 1 nitrogen and oxygen atoms in total. The second kappa shape index (κ2) is 2.62. The van der Waals surface area contributed by atoms with Gasteiger partial charge < -0.3 is 5.11 Å². The summed E-state index contributed by atoms with van der Waals surface area (Å²) in [6.07, 6.45) is 2.92. The number of hydrogen-bond acceptors (Lipinski definition) is 2. The highest BCUT2D eigenvalue weighted by molar-refractivity contribution is 8.02. The molecule has 0 radical (unpaired) electrons. The van der Waals surface area contributed by atoms with E-state index in [9.17, 15) is 5.11 Å². The summed E-state index contributed by atoms with van der Waals surface area (Å²) in [6, 6.07) is 5.64. The Hall–Kier alpha value is -0.890. The lowest BCUT2D eigenvalue weighted by molar-refractivity contribution is 0.467. The van der Waals surface area contributed by atoms with Crippen molar-refractivity contribution in [3.8, 4) is 5.75 Å². The molecule has 0 saturated heterocycles. The number of phenols is 1. The summed E-state index contributed by atoms with van der Waals surface area (Å²) in [7, 11) is 0. The van der Waals surface area contributed by atoms with Crippen molar-refractivity contribution >= 4 is 11.8 Å². The second-order valence-corrected chi connectivity index (χ2v) is 3.40. The first-order valence-corrected chi connectivity index (χ1v) is 4.38. The average Bonchev–Trinajstić information content (AvgIpc) is 2.06. The van der Waals surface area contributed by atoms with E-state index in [1.54, 1.807) is 17.8 Å². The lowest BCUT2D eigenvalue weighted by atomic mass is 10.1. The number of hydrogen-bond donors (Lipinski definition) is 1. The molecule has 56 valence electrons. The first kappa shape index (κ1) is 6.80. The second-order valence-electron chi connectivity index (χ2n) is 2.45. The summed E-state index contributed by atoms with van der Waals surface area (Å²) < 4.78 is 0. The van der Waals surface area contributed by atoms with Crippen molar-refractivity contribution in [2.75, 3.05) is 0 Å². The van der Waals surface area contributed by atoms with E-state index in [1.807, 2.05) is 12.1 Å². The van der Waals surface area contributed by atoms with Gasteiger partial charge in [-0.25, -0.2) is 0 Å². The van der Waals surface area contributed by atoms with Crippen molar-refractivity contribution in [2.45, 2.75) is 11.3 Å². The smallest absolute Gasteiger partial charge is 0.120 e. The number of aromatic hydroxyl groups is 1. The third-order valence-electron chi connectivity index (χ3n) is 1.72. The highest BCUT2D eigenvalue weighted by Gasteiger charge is 2.08. The highest BCUT2D eigenvalue weighted by Crippen LogP contribution is 2.33. The third kappa shape index (κ3) is 1.14. The van der Waals surface area contributed by atoms with Gasteiger partial charge in [0.2, 0.25) is 0 Å². The van der Waals surface area contributed by atoms with Gasteiger partial charge in [-0.3, -0.25) is 0 Å². The molecule has 11 heavy (non-hydrogen) atoms. The fraction of sp³-hybridized carbons (Fsp3) is 0.111. The molecule has 1 aromatic carbocycles. The molecule has 1 aliphatic rings. The molecular weight excluding hydrogens is 156 g/mol. The summed E-state index contributed by atoms with van der Waals surface area (Å²) in [5, 5.41) is 11.5. The Balaban J connectivity index is 2.54. The van der Waals surface area contributed by atoms with Crippen LogP contribution in [-0.2, 0) is 6.42 Å². The number of rotatable bonds is 0. The number of benzene rings is 1. The summed E-state index contributed by atoms with van der Waals surface area (Å²) in [6.45, 7) is 0. The summed E-state index contributed by atoms with van der Waals surface area (Å²) in [4.78, 5) is 1.17. The van der Waals surface area contributed by atoms with Crippen LogP contribution in [0.5, 0.6) is 5.75 Å². The van der Waals surface area contributed by atoms with Crippen LogP contribution in [0.25, 0.3) is 0 Å². The van der Waals surface area contributed by atoms with Crippen LogP contribution in [0.4, 0.5) is 0 Å². The Morgan fingerprint density at radius 1 is 1.36 bits per heavy atom. The molecule has 1 aromatic rings. The van der Waals surface area contributed by atoms with Crippen molar-refractivity contribution in [1.29, 1.82) is 0 Å². The molecule has 0 saturated carbocycles. The molecule has 2 heteroatoms. The van der Waals surface area contributed by atoms with E-state index in [-0.39, 0.29) is 0 Å². The molecule has 0 aromatic heterocycles. The van der Waals surface area contributed by atoms with Gasteiger partial charge in [0.05, 0.1) is 0 Å². The predicted molar refractivity (Wildman–Crippen MR) is 46.8 cm³/mol. The molecule has 0 atom stereocenters. The summed E-state index contributed by atoms with van der Waals surface area (Å²) in [5.74, 6) is 0.416. The zero-order valence-electron chi connectivity index (χ0n) is 5.95. The Labute approximate surface area is 69.7 Å². The van der Waals surface area contributed by atoms with Gasteiger partial charge in [0.25, 0.3) is 0 Å². The average molecular weight is 164 g/mol. The van der Waals surface area contributed by atoms with E-state index in [2.05, 4.69) is 11.5 Å². The number of phenolic OH excluding ortho intramolecular Hbond substituents is 1. The van der Waals surface area contributed by atoms with Crippen LogP contribution >= 0.6 is 11.8 Å². The maximum absolute atomic E-state index is 9.41. The Kier molecular flexibility index (Phi) is 1.62. The van der Waals surface area contributed by atoms with Crippen LogP contribution in [0.3, 0.4) is 0 Å². The highest BCUT2D eigenvalue weighted by atomic mass is 32.2. The first-order valence-electron chi connectivity index (χ1n) is 3.50. The largest absolute Gasteiger partial charge is 0.508 e. The molecule has 0 spiro atoms. The van der Waals surface area contributed by atoms with Gasteiger partial charge in [-0.1, -0.05) is 23.9 Å². The molecule has 2 rings (SSSR count). The van der Waals surface area contributed by atoms with Crippen molar-refractivity contribution in [1.82, 2.24) is 0 Å². The van der Waals surface area contributed by atoms with Crippen molar-refractivity contribution in [3.63, 3.8) is 0 Å². The van der Waals surface area contributed by atoms with Gasteiger partial charge in [-0.15, -0.1) is 0 Å². The van der Waals surface area contributed by atoms with Crippen molar-refractivity contribution in [2.24, 2.45) is 0 Å². The molecule has 1 N–H and O–H groups in total. The van der Waals surface area contributed by atoms with Crippen LogP contribution < -0.4 is 0 Å². The van der Waals surface area contributed by atoms with Crippen molar-refractivity contribution in [3.05, 3.63) is 35.2 Å². The lowest BCUT2D eigenvalue weighted by Crippen LogP contribution is -1.89. The van der Waals surface area contributed by atoms with E-state index >= 15 is 0 Å². The van der Waals surface area contributed by atoms with Gasteiger partial charge in [-0.05, 0) is 24.0 Å². The maximum atomic E-state index is 9.41. The van der Waals surface area contributed by atoms with Crippen molar-refractivity contribution < 1.29 is 5.11 Å². The molecule has 1 heterocycles. The fourth-order valence-corrected chi connectivity index (χ4v) is 1.98. The molecule has 0 aliphatic carbocycles. The van der Waals surface area contributed by atoms with E-state index < -0.39 is 0 Å². The minimum atomic E-state index is 0.416. The van der Waals surface area contributed by atoms with E-state index in [1.165, 1.54) is 4.90 Å². The molecule has 0 bridgehead atoms. The number of allylic oxidation sites excluding steroid dienone is 1. The van der Waals surface area contributed by atoms with Gasteiger partial charge in [-0.2, -0.15) is 0 Å². The van der Waals surface area contributed by atoms with Crippen LogP contribution in [0.15, 0.2) is 34.6 Å².